The number of fused-ring (bicyclic) bond motifs is 1. The fourth-order valence-electron chi connectivity index (χ4n) is 3.71. The van der Waals surface area contributed by atoms with Crippen molar-refractivity contribution in [2.24, 2.45) is 0 Å². The molecule has 130 valence electrons. The molecule has 0 unspecified atom stereocenters. The number of benzene rings is 2. The molecule has 4 nitrogen and oxygen atoms in total. The topological polar surface area (TPSA) is 47.6 Å². The minimum absolute atomic E-state index is 0.0141. The molecule has 1 heterocycles. The van der Waals surface area contributed by atoms with Crippen LogP contribution >= 0.6 is 0 Å². The SMILES string of the molecule is O=C(N[C@@H]1CC[C@H]2OCCO[C@H]2C1)c1ccc(-c2ccccc2)cc1. The maximum Gasteiger partial charge on any atom is 0.251 e. The summed E-state index contributed by atoms with van der Waals surface area (Å²) in [6.45, 7) is 1.34. The number of ether oxygens (including phenoxy) is 2. The molecular formula is C21H23NO3. The molecule has 2 aliphatic rings. The van der Waals surface area contributed by atoms with E-state index in [0.717, 1.165) is 30.4 Å². The van der Waals surface area contributed by atoms with Crippen molar-refractivity contribution in [1.82, 2.24) is 5.32 Å². The lowest BCUT2D eigenvalue weighted by Crippen LogP contribution is -2.49. The molecule has 1 saturated heterocycles. The van der Waals surface area contributed by atoms with Crippen LogP contribution < -0.4 is 5.32 Å². The van der Waals surface area contributed by atoms with Gasteiger partial charge in [-0.25, -0.2) is 0 Å². The van der Waals surface area contributed by atoms with Gasteiger partial charge in [0.05, 0.1) is 25.4 Å². The fourth-order valence-corrected chi connectivity index (χ4v) is 3.71. The molecule has 1 amide bonds. The summed E-state index contributed by atoms with van der Waals surface area (Å²) < 4.78 is 11.5. The number of nitrogens with one attached hydrogen (secondary N) is 1. The minimum atomic E-state index is -0.0141. The molecular weight excluding hydrogens is 314 g/mol. The Morgan fingerprint density at radius 2 is 1.52 bits per heavy atom. The van der Waals surface area contributed by atoms with Crippen LogP contribution in [0.5, 0.6) is 0 Å². The van der Waals surface area contributed by atoms with Gasteiger partial charge in [0, 0.05) is 11.6 Å². The Labute approximate surface area is 148 Å². The van der Waals surface area contributed by atoms with E-state index >= 15 is 0 Å². The first-order chi connectivity index (χ1) is 12.3. The lowest BCUT2D eigenvalue weighted by Gasteiger charge is -2.39. The lowest BCUT2D eigenvalue weighted by molar-refractivity contribution is -0.157. The predicted octanol–water partition coefficient (Wildman–Crippen LogP) is 3.42. The summed E-state index contributed by atoms with van der Waals surface area (Å²) >= 11 is 0. The van der Waals surface area contributed by atoms with Gasteiger partial charge in [0.25, 0.3) is 5.91 Å². The third kappa shape index (κ3) is 3.75. The molecule has 1 aliphatic heterocycles. The number of carbonyl (C=O) groups excluding carboxylic acids is 1. The van der Waals surface area contributed by atoms with Gasteiger partial charge in [0.15, 0.2) is 0 Å². The van der Waals surface area contributed by atoms with Crippen molar-refractivity contribution in [3.63, 3.8) is 0 Å². The molecule has 2 aromatic rings. The van der Waals surface area contributed by atoms with Crippen LogP contribution in [0.4, 0.5) is 0 Å². The molecule has 3 atom stereocenters. The summed E-state index contributed by atoms with van der Waals surface area (Å²) in [6, 6.07) is 18.1. The van der Waals surface area contributed by atoms with Gasteiger partial charge in [-0.15, -0.1) is 0 Å². The second kappa shape index (κ2) is 7.38. The monoisotopic (exact) mass is 337 g/mol. The molecule has 1 aliphatic carbocycles. The lowest BCUT2D eigenvalue weighted by atomic mass is 9.89. The van der Waals surface area contributed by atoms with E-state index in [1.165, 1.54) is 0 Å². The predicted molar refractivity (Wildman–Crippen MR) is 96.5 cm³/mol. The first kappa shape index (κ1) is 16.3. The number of hydrogen-bond donors (Lipinski definition) is 1. The van der Waals surface area contributed by atoms with Gasteiger partial charge in [0.1, 0.15) is 0 Å². The van der Waals surface area contributed by atoms with E-state index in [2.05, 4.69) is 17.4 Å². The number of rotatable bonds is 3. The van der Waals surface area contributed by atoms with E-state index in [1.54, 1.807) is 0 Å². The molecule has 4 heteroatoms. The highest BCUT2D eigenvalue weighted by Crippen LogP contribution is 2.27. The van der Waals surface area contributed by atoms with E-state index in [9.17, 15) is 4.79 Å². The van der Waals surface area contributed by atoms with Crippen molar-refractivity contribution in [3.8, 4) is 11.1 Å². The third-order valence-corrected chi connectivity index (χ3v) is 5.07. The summed E-state index contributed by atoms with van der Waals surface area (Å²) in [5.41, 5.74) is 2.97. The normalized spacial score (nSPS) is 25.8. The van der Waals surface area contributed by atoms with E-state index in [0.29, 0.717) is 18.8 Å². The maximum atomic E-state index is 12.5. The van der Waals surface area contributed by atoms with E-state index < -0.39 is 0 Å². The Kier molecular flexibility index (Phi) is 4.81. The minimum Gasteiger partial charge on any atom is -0.373 e. The summed E-state index contributed by atoms with van der Waals surface area (Å²) in [7, 11) is 0. The van der Waals surface area contributed by atoms with Crippen LogP contribution in [0.3, 0.4) is 0 Å². The average Bonchev–Trinajstić information content (AvgIpc) is 2.69. The molecule has 1 N–H and O–H groups in total. The molecule has 2 fully saturated rings. The average molecular weight is 337 g/mol. The Bertz CT molecular complexity index is 714. The van der Waals surface area contributed by atoms with Gasteiger partial charge < -0.3 is 14.8 Å². The van der Waals surface area contributed by atoms with Crippen LogP contribution in [0.25, 0.3) is 11.1 Å². The Morgan fingerprint density at radius 3 is 2.28 bits per heavy atom. The Hall–Kier alpha value is -2.17. The van der Waals surface area contributed by atoms with E-state index in [1.807, 2.05) is 42.5 Å². The first-order valence-electron chi connectivity index (χ1n) is 8.99. The van der Waals surface area contributed by atoms with Gasteiger partial charge in [-0.05, 0) is 42.5 Å². The molecule has 0 aromatic heterocycles. The highest BCUT2D eigenvalue weighted by atomic mass is 16.6. The number of carbonyl (C=O) groups is 1. The first-order valence-corrected chi connectivity index (χ1v) is 8.99. The van der Waals surface area contributed by atoms with E-state index in [4.69, 9.17) is 9.47 Å². The van der Waals surface area contributed by atoms with Crippen molar-refractivity contribution in [2.45, 2.75) is 37.5 Å². The fraction of sp³-hybridized carbons (Fsp3) is 0.381. The zero-order valence-corrected chi connectivity index (χ0v) is 14.2. The largest absolute Gasteiger partial charge is 0.373 e. The molecule has 0 bridgehead atoms. The third-order valence-electron chi connectivity index (χ3n) is 5.07. The van der Waals surface area contributed by atoms with Gasteiger partial charge in [-0.2, -0.15) is 0 Å². The van der Waals surface area contributed by atoms with Crippen LogP contribution in [0, 0.1) is 0 Å². The zero-order chi connectivity index (χ0) is 17.1. The van der Waals surface area contributed by atoms with Gasteiger partial charge in [-0.1, -0.05) is 42.5 Å². The second-order valence-corrected chi connectivity index (χ2v) is 6.75. The van der Waals surface area contributed by atoms with Crippen molar-refractivity contribution >= 4 is 5.91 Å². The molecule has 25 heavy (non-hydrogen) atoms. The van der Waals surface area contributed by atoms with Crippen LogP contribution in [0.2, 0.25) is 0 Å². The number of amides is 1. The second-order valence-electron chi connectivity index (χ2n) is 6.75. The Morgan fingerprint density at radius 1 is 0.840 bits per heavy atom. The molecule has 4 rings (SSSR count). The summed E-state index contributed by atoms with van der Waals surface area (Å²) in [5.74, 6) is -0.0141. The standard InChI is InChI=1S/C21H23NO3/c23-21(22-18-10-11-19-20(14-18)25-13-12-24-19)17-8-6-16(7-9-17)15-4-2-1-3-5-15/h1-9,18-20H,10-14H2,(H,22,23)/t18-,19-,20+/m1/s1. The summed E-state index contributed by atoms with van der Waals surface area (Å²) in [4.78, 5) is 12.5. The maximum absolute atomic E-state index is 12.5. The molecule has 0 radical (unpaired) electrons. The zero-order valence-electron chi connectivity index (χ0n) is 14.2. The van der Waals surface area contributed by atoms with Crippen molar-refractivity contribution in [1.29, 1.82) is 0 Å². The van der Waals surface area contributed by atoms with Crippen LogP contribution in [-0.4, -0.2) is 37.4 Å². The van der Waals surface area contributed by atoms with Crippen LogP contribution in [-0.2, 0) is 9.47 Å². The van der Waals surface area contributed by atoms with Crippen LogP contribution in [0.1, 0.15) is 29.6 Å². The highest BCUT2D eigenvalue weighted by molar-refractivity contribution is 5.94. The van der Waals surface area contributed by atoms with Crippen LogP contribution in [0.15, 0.2) is 54.6 Å². The van der Waals surface area contributed by atoms with Gasteiger partial charge >= 0.3 is 0 Å². The molecule has 0 spiro atoms. The summed E-state index contributed by atoms with van der Waals surface area (Å²) in [5, 5.41) is 3.15. The van der Waals surface area contributed by atoms with Crippen molar-refractivity contribution in [3.05, 3.63) is 60.2 Å². The quantitative estimate of drug-likeness (QED) is 0.933. The summed E-state index contributed by atoms with van der Waals surface area (Å²) in [6.07, 6.45) is 3.04. The Balaban J connectivity index is 1.38. The van der Waals surface area contributed by atoms with Crippen molar-refractivity contribution < 1.29 is 14.3 Å². The van der Waals surface area contributed by atoms with E-state index in [-0.39, 0.29) is 24.2 Å². The smallest absolute Gasteiger partial charge is 0.251 e. The van der Waals surface area contributed by atoms with Crippen molar-refractivity contribution in [2.75, 3.05) is 13.2 Å². The van der Waals surface area contributed by atoms with Gasteiger partial charge in [0.2, 0.25) is 0 Å². The molecule has 1 saturated carbocycles. The van der Waals surface area contributed by atoms with Gasteiger partial charge in [-0.3, -0.25) is 4.79 Å². The number of hydrogen-bond acceptors (Lipinski definition) is 3. The highest BCUT2D eigenvalue weighted by Gasteiger charge is 2.34. The molecule has 2 aromatic carbocycles.